The fourth-order valence-electron chi connectivity index (χ4n) is 2.63. The van der Waals surface area contributed by atoms with Crippen molar-refractivity contribution in [1.82, 2.24) is 0 Å². The van der Waals surface area contributed by atoms with Crippen molar-refractivity contribution in [3.05, 3.63) is 35.9 Å². The van der Waals surface area contributed by atoms with E-state index in [0.29, 0.717) is 5.92 Å². The van der Waals surface area contributed by atoms with Crippen LogP contribution >= 0.6 is 0 Å². The van der Waals surface area contributed by atoms with Crippen molar-refractivity contribution in [2.45, 2.75) is 65.0 Å². The standard InChI is InChI=1S/C17H27BO2/c1-13(2)17(7,14-11-9-8-10-12-14)18-19-15(3,4)16(5,6)20-18/h8-13H,1-7H3/t17-/m1/s1. The molecule has 110 valence electrons. The SMILES string of the molecule is CC(C)[C@@](C)(B1OC(C)(C)C(C)(C)O1)c1ccccc1. The van der Waals surface area contributed by atoms with Gasteiger partial charge in [0, 0.05) is 5.31 Å². The van der Waals surface area contributed by atoms with E-state index in [-0.39, 0.29) is 23.6 Å². The molecule has 1 aromatic rings. The van der Waals surface area contributed by atoms with Gasteiger partial charge in [-0.25, -0.2) is 0 Å². The molecule has 2 rings (SSSR count). The van der Waals surface area contributed by atoms with Gasteiger partial charge in [-0.2, -0.15) is 0 Å². The first-order valence-corrected chi connectivity index (χ1v) is 7.52. The number of hydrogen-bond acceptors (Lipinski definition) is 2. The van der Waals surface area contributed by atoms with Crippen molar-refractivity contribution in [3.63, 3.8) is 0 Å². The third-order valence-corrected chi connectivity index (χ3v) is 5.34. The maximum Gasteiger partial charge on any atom is 0.469 e. The molecule has 0 N–H and O–H groups in total. The van der Waals surface area contributed by atoms with Gasteiger partial charge in [-0.1, -0.05) is 51.1 Å². The van der Waals surface area contributed by atoms with Gasteiger partial charge in [-0.05, 0) is 39.2 Å². The van der Waals surface area contributed by atoms with Gasteiger partial charge in [0.1, 0.15) is 0 Å². The van der Waals surface area contributed by atoms with Crippen LogP contribution in [0.4, 0.5) is 0 Å². The van der Waals surface area contributed by atoms with Crippen molar-refractivity contribution >= 4 is 7.12 Å². The highest BCUT2D eigenvalue weighted by molar-refractivity contribution is 6.49. The first kappa shape index (κ1) is 15.6. The topological polar surface area (TPSA) is 18.5 Å². The van der Waals surface area contributed by atoms with Crippen LogP contribution in [0, 0.1) is 5.92 Å². The van der Waals surface area contributed by atoms with Crippen LogP contribution in [0.1, 0.15) is 54.0 Å². The summed E-state index contributed by atoms with van der Waals surface area (Å²) < 4.78 is 12.6. The van der Waals surface area contributed by atoms with Crippen LogP contribution in [0.3, 0.4) is 0 Å². The molecule has 0 radical (unpaired) electrons. The third kappa shape index (κ3) is 2.31. The Hall–Kier alpha value is -0.795. The fraction of sp³-hybridized carbons (Fsp3) is 0.647. The van der Waals surface area contributed by atoms with E-state index in [4.69, 9.17) is 9.31 Å². The smallest absolute Gasteiger partial charge is 0.403 e. The molecule has 20 heavy (non-hydrogen) atoms. The van der Waals surface area contributed by atoms with Crippen LogP contribution < -0.4 is 0 Å². The van der Waals surface area contributed by atoms with Crippen molar-refractivity contribution in [3.8, 4) is 0 Å². The molecule has 1 aromatic carbocycles. The highest BCUT2D eigenvalue weighted by Crippen LogP contribution is 2.45. The van der Waals surface area contributed by atoms with E-state index in [0.717, 1.165) is 0 Å². The molecule has 0 spiro atoms. The highest BCUT2D eigenvalue weighted by atomic mass is 16.7. The quantitative estimate of drug-likeness (QED) is 0.768. The van der Waals surface area contributed by atoms with Crippen molar-refractivity contribution in [2.75, 3.05) is 0 Å². The lowest BCUT2D eigenvalue weighted by Crippen LogP contribution is -2.47. The molecular weight excluding hydrogens is 247 g/mol. The zero-order chi connectivity index (χ0) is 15.2. The van der Waals surface area contributed by atoms with Gasteiger partial charge in [-0.15, -0.1) is 0 Å². The summed E-state index contributed by atoms with van der Waals surface area (Å²) >= 11 is 0. The molecule has 1 aliphatic rings. The van der Waals surface area contributed by atoms with E-state index in [1.165, 1.54) is 5.56 Å². The van der Waals surface area contributed by atoms with Gasteiger partial charge < -0.3 is 9.31 Å². The summed E-state index contributed by atoms with van der Waals surface area (Å²) in [4.78, 5) is 0. The molecule has 0 unspecified atom stereocenters. The summed E-state index contributed by atoms with van der Waals surface area (Å²) in [5.74, 6) is 0.416. The Balaban J connectivity index is 2.42. The molecule has 0 saturated carbocycles. The Morgan fingerprint density at radius 1 is 0.950 bits per heavy atom. The van der Waals surface area contributed by atoms with Gasteiger partial charge in [-0.3, -0.25) is 0 Å². The average Bonchev–Trinajstić information content (AvgIpc) is 2.58. The van der Waals surface area contributed by atoms with Crippen molar-refractivity contribution < 1.29 is 9.31 Å². The second-order valence-electron chi connectivity index (χ2n) is 7.39. The third-order valence-electron chi connectivity index (χ3n) is 5.34. The summed E-state index contributed by atoms with van der Waals surface area (Å²) in [5, 5.41) is -0.160. The minimum absolute atomic E-state index is 0.160. The molecular formula is C17H27BO2. The fourth-order valence-corrected chi connectivity index (χ4v) is 2.63. The number of rotatable bonds is 3. The van der Waals surface area contributed by atoms with Gasteiger partial charge in [0.25, 0.3) is 0 Å². The van der Waals surface area contributed by atoms with Crippen LogP contribution in [0.2, 0.25) is 0 Å². The summed E-state index contributed by atoms with van der Waals surface area (Å²) in [6.45, 7) is 15.2. The van der Waals surface area contributed by atoms with Crippen LogP contribution in [-0.2, 0) is 14.6 Å². The summed E-state index contributed by atoms with van der Waals surface area (Å²) in [6, 6.07) is 10.6. The van der Waals surface area contributed by atoms with Gasteiger partial charge >= 0.3 is 7.12 Å². The van der Waals surface area contributed by atoms with Gasteiger partial charge in [0.2, 0.25) is 0 Å². The van der Waals surface area contributed by atoms with Crippen molar-refractivity contribution in [1.29, 1.82) is 0 Å². The minimum Gasteiger partial charge on any atom is -0.403 e. The molecule has 2 nitrogen and oxygen atoms in total. The average molecular weight is 274 g/mol. The first-order valence-electron chi connectivity index (χ1n) is 7.52. The highest BCUT2D eigenvalue weighted by Gasteiger charge is 2.59. The molecule has 0 bridgehead atoms. The Kier molecular flexibility index (Phi) is 3.81. The predicted octanol–water partition coefficient (Wildman–Crippen LogP) is 4.23. The summed E-state index contributed by atoms with van der Waals surface area (Å²) in [7, 11) is -0.227. The Morgan fingerprint density at radius 2 is 1.40 bits per heavy atom. The van der Waals surface area contributed by atoms with Crippen LogP contribution in [0.25, 0.3) is 0 Å². The minimum atomic E-state index is -0.289. The second-order valence-corrected chi connectivity index (χ2v) is 7.39. The van der Waals surface area contributed by atoms with Gasteiger partial charge in [0.15, 0.2) is 0 Å². The van der Waals surface area contributed by atoms with E-state index in [9.17, 15) is 0 Å². The van der Waals surface area contributed by atoms with E-state index in [2.05, 4.69) is 78.8 Å². The number of hydrogen-bond donors (Lipinski definition) is 0. The maximum absolute atomic E-state index is 6.32. The Bertz CT molecular complexity index is 451. The van der Waals surface area contributed by atoms with E-state index in [1.807, 2.05) is 0 Å². The zero-order valence-corrected chi connectivity index (χ0v) is 13.9. The lowest BCUT2D eigenvalue weighted by molar-refractivity contribution is 0.00578. The normalized spacial score (nSPS) is 23.9. The molecule has 0 aliphatic carbocycles. The molecule has 1 saturated heterocycles. The summed E-state index contributed by atoms with van der Waals surface area (Å²) in [5.41, 5.74) is 0.694. The van der Waals surface area contributed by atoms with Crippen LogP contribution in [0.15, 0.2) is 30.3 Å². The molecule has 3 heteroatoms. The zero-order valence-electron chi connectivity index (χ0n) is 13.9. The van der Waals surface area contributed by atoms with E-state index >= 15 is 0 Å². The Morgan fingerprint density at radius 3 is 1.80 bits per heavy atom. The lowest BCUT2D eigenvalue weighted by atomic mass is 9.50. The molecule has 1 fully saturated rings. The predicted molar refractivity (Wildman–Crippen MR) is 84.7 cm³/mol. The van der Waals surface area contributed by atoms with E-state index in [1.54, 1.807) is 0 Å². The lowest BCUT2D eigenvalue weighted by Gasteiger charge is -2.36. The maximum atomic E-state index is 6.32. The van der Waals surface area contributed by atoms with E-state index < -0.39 is 0 Å². The molecule has 0 amide bonds. The molecule has 1 aliphatic heterocycles. The molecule has 1 heterocycles. The monoisotopic (exact) mass is 274 g/mol. The first-order chi connectivity index (χ1) is 9.11. The largest absolute Gasteiger partial charge is 0.469 e. The number of benzene rings is 1. The molecule has 0 aromatic heterocycles. The van der Waals surface area contributed by atoms with Crippen LogP contribution in [0.5, 0.6) is 0 Å². The summed E-state index contributed by atoms with van der Waals surface area (Å²) in [6.07, 6.45) is 0. The van der Waals surface area contributed by atoms with Crippen molar-refractivity contribution in [2.24, 2.45) is 5.92 Å². The second kappa shape index (κ2) is 4.89. The molecule has 1 atom stereocenters. The van der Waals surface area contributed by atoms with Gasteiger partial charge in [0.05, 0.1) is 11.2 Å². The van der Waals surface area contributed by atoms with Crippen LogP contribution in [-0.4, -0.2) is 18.3 Å². The Labute approximate surface area is 124 Å².